The quantitative estimate of drug-likeness (QED) is 0.911. The van der Waals surface area contributed by atoms with Crippen molar-refractivity contribution in [3.63, 3.8) is 0 Å². The van der Waals surface area contributed by atoms with Gasteiger partial charge in [0.2, 0.25) is 0 Å². The third-order valence-electron chi connectivity index (χ3n) is 3.60. The molecule has 0 radical (unpaired) electrons. The van der Waals surface area contributed by atoms with Crippen LogP contribution in [0.5, 0.6) is 0 Å². The number of nitrogens with one attached hydrogen (secondary N) is 1. The molecule has 5 heteroatoms. The Morgan fingerprint density at radius 3 is 2.95 bits per heavy atom. The third-order valence-corrected chi connectivity index (χ3v) is 4.09. The maximum atomic E-state index is 14.0. The van der Waals surface area contributed by atoms with E-state index in [4.69, 9.17) is 0 Å². The van der Waals surface area contributed by atoms with Crippen molar-refractivity contribution in [2.24, 2.45) is 0 Å². The molecular formula is C15H20BrFN2O. The number of amides is 1. The zero-order valence-electron chi connectivity index (χ0n) is 11.7. The molecule has 1 atom stereocenters. The number of halogens is 2. The van der Waals surface area contributed by atoms with E-state index in [-0.39, 0.29) is 17.5 Å². The lowest BCUT2D eigenvalue weighted by Gasteiger charge is -2.34. The lowest BCUT2D eigenvalue weighted by Crippen LogP contribution is -2.49. The van der Waals surface area contributed by atoms with Crippen LogP contribution in [0.3, 0.4) is 0 Å². The molecule has 1 aliphatic rings. The summed E-state index contributed by atoms with van der Waals surface area (Å²) in [7, 11) is 0. The highest BCUT2D eigenvalue weighted by molar-refractivity contribution is 9.10. The number of rotatable bonds is 4. The monoisotopic (exact) mass is 342 g/mol. The largest absolute Gasteiger partial charge is 0.334 e. The number of carbonyl (C=O) groups is 1. The van der Waals surface area contributed by atoms with Crippen LogP contribution in [-0.2, 0) is 0 Å². The van der Waals surface area contributed by atoms with Crippen LogP contribution in [0.25, 0.3) is 0 Å². The number of piperidine rings is 1. The molecule has 0 saturated carbocycles. The highest BCUT2D eigenvalue weighted by Gasteiger charge is 2.27. The van der Waals surface area contributed by atoms with Gasteiger partial charge in [-0.25, -0.2) is 4.39 Å². The van der Waals surface area contributed by atoms with Gasteiger partial charge in [-0.3, -0.25) is 4.79 Å². The Bertz CT molecular complexity index is 475. The van der Waals surface area contributed by atoms with Gasteiger partial charge >= 0.3 is 0 Å². The second kappa shape index (κ2) is 7.18. The average Bonchev–Trinajstić information content (AvgIpc) is 2.45. The molecule has 1 fully saturated rings. The zero-order chi connectivity index (χ0) is 14.5. The van der Waals surface area contributed by atoms with Gasteiger partial charge in [0.25, 0.3) is 5.91 Å². The minimum Gasteiger partial charge on any atom is -0.334 e. The molecule has 0 spiro atoms. The molecule has 1 saturated heterocycles. The molecule has 20 heavy (non-hydrogen) atoms. The van der Waals surface area contributed by atoms with E-state index in [2.05, 4.69) is 21.2 Å². The topological polar surface area (TPSA) is 32.3 Å². The number of carbonyl (C=O) groups excluding carboxylic acids is 1. The molecular weight excluding hydrogens is 323 g/mol. The van der Waals surface area contributed by atoms with Crippen LogP contribution in [0, 0.1) is 5.82 Å². The van der Waals surface area contributed by atoms with Crippen LogP contribution >= 0.6 is 15.9 Å². The lowest BCUT2D eigenvalue weighted by atomic mass is 10.0. The van der Waals surface area contributed by atoms with E-state index in [0.29, 0.717) is 11.0 Å². The summed E-state index contributed by atoms with van der Waals surface area (Å²) >= 11 is 3.21. The number of nitrogens with zero attached hydrogens (tertiary/aromatic N) is 1. The summed E-state index contributed by atoms with van der Waals surface area (Å²) in [5.74, 6) is -0.667. The van der Waals surface area contributed by atoms with Crippen LogP contribution in [-0.4, -0.2) is 36.5 Å². The molecule has 0 bridgehead atoms. The van der Waals surface area contributed by atoms with Gasteiger partial charge in [0.15, 0.2) is 0 Å². The molecule has 1 heterocycles. The third kappa shape index (κ3) is 3.58. The van der Waals surface area contributed by atoms with Gasteiger partial charge < -0.3 is 10.2 Å². The Balaban J connectivity index is 2.21. The van der Waals surface area contributed by atoms with E-state index in [0.717, 1.165) is 32.4 Å². The standard InChI is InChI=1S/C15H20BrFN2O/c1-2-8-19(12-4-3-7-18-10-12)15(20)13-6-5-11(16)9-14(13)17/h5-6,9,12,18H,2-4,7-8,10H2,1H3. The summed E-state index contributed by atoms with van der Waals surface area (Å²) in [5.41, 5.74) is 0.159. The minimum atomic E-state index is -0.464. The number of hydrogen-bond donors (Lipinski definition) is 1. The van der Waals surface area contributed by atoms with Crippen LogP contribution in [0.4, 0.5) is 4.39 Å². The number of benzene rings is 1. The first-order chi connectivity index (χ1) is 9.63. The first-order valence-corrected chi connectivity index (χ1v) is 7.89. The maximum Gasteiger partial charge on any atom is 0.257 e. The van der Waals surface area contributed by atoms with Gasteiger partial charge in [-0.2, -0.15) is 0 Å². The molecule has 1 aromatic rings. The Morgan fingerprint density at radius 1 is 1.55 bits per heavy atom. The summed E-state index contributed by atoms with van der Waals surface area (Å²) < 4.78 is 14.6. The van der Waals surface area contributed by atoms with Crippen molar-refractivity contribution in [2.45, 2.75) is 32.2 Å². The predicted molar refractivity (Wildman–Crippen MR) is 81.3 cm³/mol. The van der Waals surface area contributed by atoms with Crippen LogP contribution in [0.15, 0.2) is 22.7 Å². The van der Waals surface area contributed by atoms with Crippen molar-refractivity contribution in [1.82, 2.24) is 10.2 Å². The van der Waals surface area contributed by atoms with Gasteiger partial charge in [0.1, 0.15) is 5.82 Å². The van der Waals surface area contributed by atoms with Gasteiger partial charge in [-0.15, -0.1) is 0 Å². The van der Waals surface area contributed by atoms with Crippen LogP contribution in [0.1, 0.15) is 36.5 Å². The molecule has 1 unspecified atom stereocenters. The highest BCUT2D eigenvalue weighted by Crippen LogP contribution is 2.20. The molecule has 1 aliphatic heterocycles. The van der Waals surface area contributed by atoms with E-state index < -0.39 is 5.82 Å². The van der Waals surface area contributed by atoms with Crippen molar-refractivity contribution < 1.29 is 9.18 Å². The smallest absolute Gasteiger partial charge is 0.257 e. The summed E-state index contributed by atoms with van der Waals surface area (Å²) in [6.07, 6.45) is 2.91. The molecule has 1 aromatic carbocycles. The van der Waals surface area contributed by atoms with Crippen LogP contribution in [0.2, 0.25) is 0 Å². The molecule has 1 amide bonds. The molecule has 2 rings (SSSR count). The minimum absolute atomic E-state index is 0.159. The van der Waals surface area contributed by atoms with E-state index >= 15 is 0 Å². The van der Waals surface area contributed by atoms with Gasteiger partial charge in [0.05, 0.1) is 5.56 Å². The van der Waals surface area contributed by atoms with E-state index in [1.807, 2.05) is 11.8 Å². The predicted octanol–water partition coefficient (Wildman–Crippen LogP) is 3.19. The van der Waals surface area contributed by atoms with E-state index in [1.54, 1.807) is 12.1 Å². The molecule has 1 N–H and O–H groups in total. The second-order valence-electron chi connectivity index (χ2n) is 5.12. The Labute approximate surface area is 127 Å². The van der Waals surface area contributed by atoms with Gasteiger partial charge in [-0.1, -0.05) is 22.9 Å². The van der Waals surface area contributed by atoms with Gasteiger partial charge in [0, 0.05) is 23.6 Å². The first-order valence-electron chi connectivity index (χ1n) is 7.10. The lowest BCUT2D eigenvalue weighted by molar-refractivity contribution is 0.0644. The number of hydrogen-bond acceptors (Lipinski definition) is 2. The summed E-state index contributed by atoms with van der Waals surface area (Å²) in [4.78, 5) is 14.4. The Kier molecular flexibility index (Phi) is 5.54. The summed E-state index contributed by atoms with van der Waals surface area (Å²) in [6.45, 7) is 4.50. The SMILES string of the molecule is CCCN(C(=O)c1ccc(Br)cc1F)C1CCCNC1. The zero-order valence-corrected chi connectivity index (χ0v) is 13.2. The highest BCUT2D eigenvalue weighted by atomic mass is 79.9. The normalized spacial score (nSPS) is 18.9. The van der Waals surface area contributed by atoms with Crippen molar-refractivity contribution in [3.05, 3.63) is 34.1 Å². The summed E-state index contributed by atoms with van der Waals surface area (Å²) in [5, 5.41) is 3.31. The maximum absolute atomic E-state index is 14.0. The van der Waals surface area contributed by atoms with Crippen molar-refractivity contribution in [1.29, 1.82) is 0 Å². The fourth-order valence-electron chi connectivity index (χ4n) is 2.61. The fraction of sp³-hybridized carbons (Fsp3) is 0.533. The Hall–Kier alpha value is -0.940. The van der Waals surface area contributed by atoms with Crippen molar-refractivity contribution in [3.8, 4) is 0 Å². The average molecular weight is 343 g/mol. The molecule has 0 aliphatic carbocycles. The van der Waals surface area contributed by atoms with Crippen molar-refractivity contribution in [2.75, 3.05) is 19.6 Å². The van der Waals surface area contributed by atoms with E-state index in [1.165, 1.54) is 6.07 Å². The van der Waals surface area contributed by atoms with Gasteiger partial charge in [-0.05, 0) is 44.0 Å². The van der Waals surface area contributed by atoms with Crippen molar-refractivity contribution >= 4 is 21.8 Å². The van der Waals surface area contributed by atoms with E-state index in [9.17, 15) is 9.18 Å². The second-order valence-corrected chi connectivity index (χ2v) is 6.04. The fourth-order valence-corrected chi connectivity index (χ4v) is 2.94. The molecule has 110 valence electrons. The Morgan fingerprint density at radius 2 is 2.35 bits per heavy atom. The first kappa shape index (κ1) is 15.4. The molecule has 0 aromatic heterocycles. The molecule has 3 nitrogen and oxygen atoms in total. The van der Waals surface area contributed by atoms with Crippen LogP contribution < -0.4 is 5.32 Å². The summed E-state index contributed by atoms with van der Waals surface area (Å²) in [6, 6.07) is 4.77.